The average molecular weight is 317 g/mol. The summed E-state index contributed by atoms with van der Waals surface area (Å²) in [5.41, 5.74) is 1.79. The molecule has 0 aliphatic rings. The van der Waals surface area contributed by atoms with Crippen molar-refractivity contribution in [2.75, 3.05) is 0 Å². The molecule has 2 heterocycles. The highest BCUT2D eigenvalue weighted by molar-refractivity contribution is 7.20. The van der Waals surface area contributed by atoms with Gasteiger partial charge in [-0.3, -0.25) is 9.48 Å². The maximum absolute atomic E-state index is 12.9. The van der Waals surface area contributed by atoms with Crippen LogP contribution in [0.4, 0.5) is 4.39 Å². The number of benzene rings is 1. The smallest absolute Gasteiger partial charge is 0.261 e. The van der Waals surface area contributed by atoms with E-state index in [4.69, 9.17) is 0 Å². The van der Waals surface area contributed by atoms with Gasteiger partial charge in [0.2, 0.25) is 0 Å². The summed E-state index contributed by atoms with van der Waals surface area (Å²) < 4.78 is 14.7. The molecule has 114 valence electrons. The first-order valence-corrected chi connectivity index (χ1v) is 7.77. The van der Waals surface area contributed by atoms with Gasteiger partial charge in [0.15, 0.2) is 0 Å². The first kappa shape index (κ1) is 14.7. The molecular weight excluding hydrogens is 301 g/mol. The molecule has 1 aromatic carbocycles. The van der Waals surface area contributed by atoms with Crippen LogP contribution in [0.3, 0.4) is 0 Å². The Morgan fingerprint density at radius 1 is 1.36 bits per heavy atom. The Hall–Kier alpha value is -2.21. The van der Waals surface area contributed by atoms with Crippen LogP contribution in [0.15, 0.2) is 30.3 Å². The van der Waals surface area contributed by atoms with Gasteiger partial charge in [-0.1, -0.05) is 12.1 Å². The molecule has 22 heavy (non-hydrogen) atoms. The number of carbonyl (C=O) groups excluding carboxylic acids is 1. The summed E-state index contributed by atoms with van der Waals surface area (Å²) in [6, 6.07) is 7.84. The molecule has 6 heteroatoms. The second-order valence-corrected chi connectivity index (χ2v) is 6.32. The molecule has 1 amide bonds. The molecule has 0 aliphatic carbocycles. The zero-order chi connectivity index (χ0) is 15.9. The highest BCUT2D eigenvalue weighted by atomic mass is 32.1. The first-order valence-electron chi connectivity index (χ1n) is 6.95. The van der Waals surface area contributed by atoms with E-state index in [0.717, 1.165) is 21.5 Å². The van der Waals surface area contributed by atoms with E-state index >= 15 is 0 Å². The minimum Gasteiger partial charge on any atom is -0.345 e. The molecule has 1 N–H and O–H groups in total. The molecule has 4 nitrogen and oxygen atoms in total. The van der Waals surface area contributed by atoms with Crippen LogP contribution in [0.25, 0.3) is 10.2 Å². The number of carbonyl (C=O) groups is 1. The van der Waals surface area contributed by atoms with Gasteiger partial charge >= 0.3 is 0 Å². The Morgan fingerprint density at radius 3 is 2.68 bits per heavy atom. The van der Waals surface area contributed by atoms with Gasteiger partial charge in [-0.25, -0.2) is 4.39 Å². The standard InChI is InChI=1S/C16H16FN3OS/c1-9(11-4-6-12(17)7-5-11)18-15(21)14-8-13-10(2)19-20(3)16(13)22-14/h4-9H,1-3H3,(H,18,21)/t9-/m0/s1. The fourth-order valence-electron chi connectivity index (χ4n) is 2.42. The molecule has 0 fully saturated rings. The minimum atomic E-state index is -0.283. The number of hydrogen-bond donors (Lipinski definition) is 1. The number of halogens is 1. The molecule has 3 rings (SSSR count). The third-order valence-corrected chi connectivity index (χ3v) is 4.84. The third-order valence-electron chi connectivity index (χ3n) is 3.64. The van der Waals surface area contributed by atoms with Crippen molar-refractivity contribution >= 4 is 27.5 Å². The molecule has 0 saturated heterocycles. The Morgan fingerprint density at radius 2 is 2.05 bits per heavy atom. The fourth-order valence-corrected chi connectivity index (χ4v) is 3.45. The maximum Gasteiger partial charge on any atom is 0.261 e. The van der Waals surface area contributed by atoms with E-state index in [1.165, 1.54) is 23.5 Å². The Kier molecular flexibility index (Phi) is 3.70. The van der Waals surface area contributed by atoms with E-state index in [0.29, 0.717) is 4.88 Å². The Balaban J connectivity index is 1.80. The van der Waals surface area contributed by atoms with Crippen LogP contribution in [0.5, 0.6) is 0 Å². The molecule has 0 bridgehead atoms. The lowest BCUT2D eigenvalue weighted by molar-refractivity contribution is 0.0944. The summed E-state index contributed by atoms with van der Waals surface area (Å²) >= 11 is 1.42. The number of hydrogen-bond acceptors (Lipinski definition) is 3. The number of fused-ring (bicyclic) bond motifs is 1. The monoisotopic (exact) mass is 317 g/mol. The van der Waals surface area contributed by atoms with Crippen LogP contribution in [0.1, 0.15) is 33.9 Å². The van der Waals surface area contributed by atoms with E-state index in [9.17, 15) is 9.18 Å². The molecule has 1 atom stereocenters. The van der Waals surface area contributed by atoms with Crippen molar-refractivity contribution in [3.8, 4) is 0 Å². The predicted octanol–water partition coefficient (Wildman–Crippen LogP) is 3.57. The highest BCUT2D eigenvalue weighted by Crippen LogP contribution is 2.28. The van der Waals surface area contributed by atoms with E-state index in [1.54, 1.807) is 16.8 Å². The summed E-state index contributed by atoms with van der Waals surface area (Å²) in [6.07, 6.45) is 0. The Bertz CT molecular complexity index is 801. The van der Waals surface area contributed by atoms with Gasteiger partial charge in [-0.2, -0.15) is 5.10 Å². The van der Waals surface area contributed by atoms with Crippen molar-refractivity contribution in [1.29, 1.82) is 0 Å². The van der Waals surface area contributed by atoms with Crippen LogP contribution >= 0.6 is 11.3 Å². The third kappa shape index (κ3) is 2.62. The number of nitrogens with one attached hydrogen (secondary N) is 1. The molecule has 0 aliphatic heterocycles. The van der Waals surface area contributed by atoms with Gasteiger partial charge in [-0.15, -0.1) is 11.3 Å². The van der Waals surface area contributed by atoms with Gasteiger partial charge in [0.1, 0.15) is 10.6 Å². The lowest BCUT2D eigenvalue weighted by atomic mass is 10.1. The van der Waals surface area contributed by atoms with Gasteiger partial charge in [0.05, 0.1) is 16.6 Å². The molecule has 0 saturated carbocycles. The normalized spacial score (nSPS) is 12.5. The summed E-state index contributed by atoms with van der Waals surface area (Å²) in [5.74, 6) is -0.410. The van der Waals surface area contributed by atoms with E-state index < -0.39 is 0 Å². The highest BCUT2D eigenvalue weighted by Gasteiger charge is 2.17. The predicted molar refractivity (Wildman–Crippen MR) is 85.6 cm³/mol. The second kappa shape index (κ2) is 5.53. The van der Waals surface area contributed by atoms with Crippen LogP contribution in [-0.2, 0) is 7.05 Å². The minimum absolute atomic E-state index is 0.127. The zero-order valence-electron chi connectivity index (χ0n) is 12.6. The van der Waals surface area contributed by atoms with Crippen LogP contribution in [0, 0.1) is 12.7 Å². The van der Waals surface area contributed by atoms with Crippen LogP contribution < -0.4 is 5.32 Å². The fraction of sp³-hybridized carbons (Fsp3) is 0.250. The molecule has 0 spiro atoms. The lowest BCUT2D eigenvalue weighted by Crippen LogP contribution is -2.25. The van der Waals surface area contributed by atoms with Crippen molar-refractivity contribution < 1.29 is 9.18 Å². The van der Waals surface area contributed by atoms with Crippen LogP contribution in [0.2, 0.25) is 0 Å². The van der Waals surface area contributed by atoms with E-state index in [1.807, 2.05) is 27.0 Å². The summed E-state index contributed by atoms with van der Waals surface area (Å²) in [7, 11) is 1.87. The van der Waals surface area contributed by atoms with Crippen molar-refractivity contribution in [2.45, 2.75) is 19.9 Å². The topological polar surface area (TPSA) is 46.9 Å². The van der Waals surface area contributed by atoms with Crippen LogP contribution in [-0.4, -0.2) is 15.7 Å². The lowest BCUT2D eigenvalue weighted by Gasteiger charge is -2.13. The number of nitrogens with zero attached hydrogens (tertiary/aromatic N) is 2. The van der Waals surface area contributed by atoms with Gasteiger partial charge in [-0.05, 0) is 37.6 Å². The maximum atomic E-state index is 12.9. The van der Waals surface area contributed by atoms with Crippen molar-refractivity contribution in [1.82, 2.24) is 15.1 Å². The van der Waals surface area contributed by atoms with E-state index in [-0.39, 0.29) is 17.8 Å². The summed E-state index contributed by atoms with van der Waals surface area (Å²) in [4.78, 5) is 14.0. The second-order valence-electron chi connectivity index (χ2n) is 5.29. The number of aromatic nitrogens is 2. The van der Waals surface area contributed by atoms with Gasteiger partial charge < -0.3 is 5.32 Å². The Labute approximate surface area is 131 Å². The molecule has 3 aromatic rings. The van der Waals surface area contributed by atoms with Crippen molar-refractivity contribution in [3.05, 3.63) is 52.3 Å². The number of rotatable bonds is 3. The number of amides is 1. The first-order chi connectivity index (χ1) is 10.5. The molecule has 0 radical (unpaired) electrons. The largest absolute Gasteiger partial charge is 0.345 e. The molecular formula is C16H16FN3OS. The zero-order valence-corrected chi connectivity index (χ0v) is 13.4. The van der Waals surface area contributed by atoms with E-state index in [2.05, 4.69) is 10.4 Å². The number of thiophene rings is 1. The molecule has 2 aromatic heterocycles. The van der Waals surface area contributed by atoms with Crippen molar-refractivity contribution in [3.63, 3.8) is 0 Å². The summed E-state index contributed by atoms with van der Waals surface area (Å²) in [6.45, 7) is 3.81. The van der Waals surface area contributed by atoms with Crippen molar-refractivity contribution in [2.24, 2.45) is 7.05 Å². The SMILES string of the molecule is Cc1nn(C)c2sc(C(=O)N[C@@H](C)c3ccc(F)cc3)cc12. The summed E-state index contributed by atoms with van der Waals surface area (Å²) in [5, 5.41) is 8.27. The quantitative estimate of drug-likeness (QED) is 0.802. The molecule has 0 unspecified atom stereocenters. The van der Waals surface area contributed by atoms with Gasteiger partial charge in [0.25, 0.3) is 5.91 Å². The van der Waals surface area contributed by atoms with Gasteiger partial charge in [0, 0.05) is 12.4 Å². The average Bonchev–Trinajstić information content (AvgIpc) is 3.02. The number of aryl methyl sites for hydroxylation is 2.